The van der Waals surface area contributed by atoms with Gasteiger partial charge in [0.05, 0.1) is 17.2 Å². The Hall–Kier alpha value is -4.07. The third-order valence-electron chi connectivity index (χ3n) is 4.64. The van der Waals surface area contributed by atoms with E-state index in [1.54, 1.807) is 54.6 Å². The fourth-order valence-electron chi connectivity index (χ4n) is 3.20. The molecule has 156 valence electrons. The average Bonchev–Trinajstić information content (AvgIpc) is 3.24. The number of carbonyl (C=O) groups excluding carboxylic acids is 1. The number of hydrazone groups is 1. The molecular weight excluding hydrogens is 399 g/mol. The Morgan fingerprint density at radius 2 is 1.87 bits per heavy atom. The number of carbonyl (C=O) groups is 1. The summed E-state index contributed by atoms with van der Waals surface area (Å²) < 4.78 is 20.8. The molecule has 31 heavy (non-hydrogen) atoms. The number of furan rings is 1. The largest absolute Gasteiger partial charge is 0.455 e. The highest BCUT2D eigenvalue weighted by atomic mass is 19.1. The van der Waals surface area contributed by atoms with Crippen molar-refractivity contribution < 1.29 is 13.6 Å². The van der Waals surface area contributed by atoms with Gasteiger partial charge in [-0.2, -0.15) is 10.2 Å². The van der Waals surface area contributed by atoms with Crippen molar-refractivity contribution in [3.8, 4) is 11.3 Å². The molecule has 0 aliphatic carbocycles. The summed E-state index contributed by atoms with van der Waals surface area (Å²) in [7, 11) is 0. The molecule has 4 aromatic rings. The van der Waals surface area contributed by atoms with Gasteiger partial charge in [-0.1, -0.05) is 37.3 Å². The van der Waals surface area contributed by atoms with Crippen LogP contribution in [0.2, 0.25) is 0 Å². The van der Waals surface area contributed by atoms with Crippen molar-refractivity contribution in [1.29, 1.82) is 0 Å². The number of amides is 1. The minimum Gasteiger partial charge on any atom is -0.455 e. The van der Waals surface area contributed by atoms with Gasteiger partial charge in [0.2, 0.25) is 0 Å². The Kier molecular flexibility index (Phi) is 5.70. The number of hydrogen-bond donors (Lipinski definition) is 1. The van der Waals surface area contributed by atoms with Crippen LogP contribution in [0.5, 0.6) is 0 Å². The number of rotatable bonds is 6. The second-order valence-corrected chi connectivity index (χ2v) is 6.80. The van der Waals surface area contributed by atoms with Crippen LogP contribution in [0, 0.1) is 5.82 Å². The number of aryl methyl sites for hydroxylation is 1. The minimum atomic E-state index is -0.557. The van der Waals surface area contributed by atoms with Crippen LogP contribution in [-0.2, 0) is 6.54 Å². The second-order valence-electron chi connectivity index (χ2n) is 6.80. The third kappa shape index (κ3) is 4.13. The smallest absolute Gasteiger partial charge is 0.292 e. The number of aromatic nitrogens is 2. The van der Waals surface area contributed by atoms with E-state index in [0.717, 1.165) is 0 Å². The number of benzene rings is 2. The highest BCUT2D eigenvalue weighted by molar-refractivity contribution is 6.04. The van der Waals surface area contributed by atoms with Gasteiger partial charge in [0.15, 0.2) is 5.69 Å². The Morgan fingerprint density at radius 3 is 2.65 bits per heavy atom. The standard InChI is InChI=1S/C23H19FN4O3/c1-2-13-28-23(30)17-8-4-3-7-16(17)21(27-28)22(29)26-25-14-15-11-12-20(31-15)18-9-5-6-10-19(18)24/h3-12,14H,2,13H2,1H3,(H,26,29)/b25-14-. The molecule has 0 fully saturated rings. The predicted molar refractivity (Wildman–Crippen MR) is 115 cm³/mol. The lowest BCUT2D eigenvalue weighted by molar-refractivity contribution is 0.0949. The van der Waals surface area contributed by atoms with Crippen LogP contribution < -0.4 is 11.0 Å². The number of fused-ring (bicyclic) bond motifs is 1. The third-order valence-corrected chi connectivity index (χ3v) is 4.64. The molecule has 0 aliphatic heterocycles. The highest BCUT2D eigenvalue weighted by Gasteiger charge is 2.16. The first kappa shape index (κ1) is 20.2. The quantitative estimate of drug-likeness (QED) is 0.379. The normalized spacial score (nSPS) is 11.3. The second kappa shape index (κ2) is 8.74. The lowest BCUT2D eigenvalue weighted by atomic mass is 10.1. The fraction of sp³-hybridized carbons (Fsp3) is 0.130. The van der Waals surface area contributed by atoms with Gasteiger partial charge in [-0.3, -0.25) is 9.59 Å². The van der Waals surface area contributed by atoms with Crippen molar-refractivity contribution in [3.63, 3.8) is 0 Å². The van der Waals surface area contributed by atoms with Crippen LogP contribution >= 0.6 is 0 Å². The molecule has 8 heteroatoms. The lowest BCUT2D eigenvalue weighted by Crippen LogP contribution is -2.29. The molecule has 2 heterocycles. The number of halogens is 1. The average molecular weight is 418 g/mol. The number of nitrogens with zero attached hydrogens (tertiary/aromatic N) is 3. The van der Waals surface area contributed by atoms with Crippen LogP contribution in [0.4, 0.5) is 4.39 Å². The Balaban J connectivity index is 1.56. The van der Waals surface area contributed by atoms with Gasteiger partial charge in [-0.15, -0.1) is 0 Å². The van der Waals surface area contributed by atoms with E-state index in [1.807, 2.05) is 6.92 Å². The minimum absolute atomic E-state index is 0.104. The van der Waals surface area contributed by atoms with Crippen molar-refractivity contribution >= 4 is 22.9 Å². The molecule has 0 saturated heterocycles. The summed E-state index contributed by atoms with van der Waals surface area (Å²) in [5.41, 5.74) is 2.60. The molecule has 0 atom stereocenters. The van der Waals surface area contributed by atoms with Crippen molar-refractivity contribution in [2.24, 2.45) is 5.10 Å². The monoisotopic (exact) mass is 418 g/mol. The van der Waals surface area contributed by atoms with Crippen molar-refractivity contribution in [1.82, 2.24) is 15.2 Å². The summed E-state index contributed by atoms with van der Waals surface area (Å²) >= 11 is 0. The first-order valence-electron chi connectivity index (χ1n) is 9.76. The zero-order chi connectivity index (χ0) is 21.8. The van der Waals surface area contributed by atoms with E-state index in [1.165, 1.54) is 17.0 Å². The fourth-order valence-corrected chi connectivity index (χ4v) is 3.20. The van der Waals surface area contributed by atoms with Crippen LogP contribution in [-0.4, -0.2) is 21.9 Å². The number of hydrogen-bond acceptors (Lipinski definition) is 5. The molecule has 0 aliphatic rings. The summed E-state index contributed by atoms with van der Waals surface area (Å²) in [6, 6.07) is 16.3. The Morgan fingerprint density at radius 1 is 1.13 bits per heavy atom. The molecule has 0 bridgehead atoms. The maximum absolute atomic E-state index is 13.9. The molecule has 0 saturated carbocycles. The predicted octanol–water partition coefficient (Wildman–Crippen LogP) is 3.97. The topological polar surface area (TPSA) is 89.5 Å². The van der Waals surface area contributed by atoms with Gasteiger partial charge < -0.3 is 4.42 Å². The van der Waals surface area contributed by atoms with Crippen molar-refractivity contribution in [2.45, 2.75) is 19.9 Å². The first-order chi connectivity index (χ1) is 15.1. The van der Waals surface area contributed by atoms with Crippen LogP contribution in [0.25, 0.3) is 22.1 Å². The first-order valence-corrected chi connectivity index (χ1v) is 9.76. The molecule has 0 radical (unpaired) electrons. The van der Waals surface area contributed by atoms with Gasteiger partial charge in [-0.25, -0.2) is 14.5 Å². The molecule has 2 aromatic carbocycles. The zero-order valence-corrected chi connectivity index (χ0v) is 16.7. The van der Waals surface area contributed by atoms with E-state index in [2.05, 4.69) is 15.6 Å². The van der Waals surface area contributed by atoms with Crippen molar-refractivity contribution in [3.05, 3.63) is 88.3 Å². The van der Waals surface area contributed by atoms with Gasteiger partial charge >= 0.3 is 0 Å². The van der Waals surface area contributed by atoms with E-state index < -0.39 is 11.7 Å². The van der Waals surface area contributed by atoms with Gasteiger partial charge in [0, 0.05) is 11.9 Å². The molecule has 1 amide bonds. The van der Waals surface area contributed by atoms with Crippen molar-refractivity contribution in [2.75, 3.05) is 0 Å². The molecule has 1 N–H and O–H groups in total. The lowest BCUT2D eigenvalue weighted by Gasteiger charge is -2.09. The molecule has 0 unspecified atom stereocenters. The molecule has 4 rings (SSSR count). The van der Waals surface area contributed by atoms with Crippen LogP contribution in [0.1, 0.15) is 29.6 Å². The van der Waals surface area contributed by atoms with E-state index >= 15 is 0 Å². The summed E-state index contributed by atoms with van der Waals surface area (Å²) in [5, 5.41) is 9.00. The van der Waals surface area contributed by atoms with Gasteiger partial charge in [0.25, 0.3) is 11.5 Å². The SMILES string of the molecule is CCCn1nc(C(=O)N/N=C\c2ccc(-c3ccccc3F)o2)c2ccccc2c1=O. The molecular formula is C23H19FN4O3. The summed E-state index contributed by atoms with van der Waals surface area (Å²) in [6.07, 6.45) is 2.01. The highest BCUT2D eigenvalue weighted by Crippen LogP contribution is 2.24. The van der Waals surface area contributed by atoms with Crippen LogP contribution in [0.15, 0.2) is 75.0 Å². The molecule has 7 nitrogen and oxygen atoms in total. The van der Waals surface area contributed by atoms with Gasteiger partial charge in [-0.05, 0) is 36.8 Å². The summed E-state index contributed by atoms with van der Waals surface area (Å²) in [4.78, 5) is 25.2. The van der Waals surface area contributed by atoms with Crippen LogP contribution in [0.3, 0.4) is 0 Å². The number of nitrogens with one attached hydrogen (secondary N) is 1. The Bertz CT molecular complexity index is 1340. The maximum atomic E-state index is 13.9. The molecule has 0 spiro atoms. The van der Waals surface area contributed by atoms with Gasteiger partial charge in [0.1, 0.15) is 17.3 Å². The zero-order valence-electron chi connectivity index (χ0n) is 16.7. The maximum Gasteiger partial charge on any atom is 0.292 e. The van der Waals surface area contributed by atoms with E-state index in [0.29, 0.717) is 40.8 Å². The Labute approximate surface area is 176 Å². The molecule has 2 aromatic heterocycles. The van der Waals surface area contributed by atoms with E-state index in [-0.39, 0.29) is 11.3 Å². The van der Waals surface area contributed by atoms with E-state index in [4.69, 9.17) is 4.42 Å². The summed E-state index contributed by atoms with van der Waals surface area (Å²) in [5.74, 6) is -0.260. The summed E-state index contributed by atoms with van der Waals surface area (Å²) in [6.45, 7) is 2.32. The van der Waals surface area contributed by atoms with E-state index in [9.17, 15) is 14.0 Å².